The number of hydrogen-bond donors (Lipinski definition) is 1. The van der Waals surface area contributed by atoms with Crippen LogP contribution in [0.2, 0.25) is 0 Å². The number of aromatic nitrogens is 2. The second-order valence-electron chi connectivity index (χ2n) is 4.30. The Balaban J connectivity index is 2.02. The molecule has 0 saturated carbocycles. The van der Waals surface area contributed by atoms with Gasteiger partial charge in [0.1, 0.15) is 0 Å². The van der Waals surface area contributed by atoms with Crippen LogP contribution < -0.4 is 4.90 Å². The molecule has 16 heavy (non-hydrogen) atoms. The van der Waals surface area contributed by atoms with E-state index in [2.05, 4.69) is 14.9 Å². The van der Waals surface area contributed by atoms with Crippen LogP contribution in [-0.2, 0) is 6.61 Å². The molecule has 2 heterocycles. The highest BCUT2D eigenvalue weighted by atomic mass is 16.3. The van der Waals surface area contributed by atoms with E-state index in [-0.39, 0.29) is 6.61 Å². The van der Waals surface area contributed by atoms with Gasteiger partial charge in [-0.3, -0.25) is 0 Å². The number of aliphatic hydroxyl groups excluding tert-OH is 1. The van der Waals surface area contributed by atoms with Crippen LogP contribution in [0.4, 0.5) is 5.95 Å². The van der Waals surface area contributed by atoms with Crippen LogP contribution in [0.25, 0.3) is 0 Å². The predicted molar refractivity (Wildman–Crippen MR) is 63.3 cm³/mol. The molecule has 0 radical (unpaired) electrons. The van der Waals surface area contributed by atoms with Crippen LogP contribution in [-0.4, -0.2) is 28.2 Å². The third kappa shape index (κ3) is 2.92. The zero-order valence-corrected chi connectivity index (χ0v) is 9.60. The van der Waals surface area contributed by atoms with E-state index in [0.29, 0.717) is 0 Å². The summed E-state index contributed by atoms with van der Waals surface area (Å²) in [6.07, 6.45) is 9.85. The normalized spacial score (nSPS) is 17.9. The van der Waals surface area contributed by atoms with E-state index in [1.165, 1.54) is 32.1 Å². The first-order chi connectivity index (χ1) is 7.90. The Labute approximate surface area is 96.3 Å². The smallest absolute Gasteiger partial charge is 0.225 e. The highest BCUT2D eigenvalue weighted by Gasteiger charge is 2.10. The SMILES string of the molecule is OCc1cnc(N2CCCCCCC2)nc1. The minimum absolute atomic E-state index is 0.0142. The molecule has 0 unspecified atom stereocenters. The van der Waals surface area contributed by atoms with E-state index in [1.54, 1.807) is 12.4 Å². The van der Waals surface area contributed by atoms with Gasteiger partial charge >= 0.3 is 0 Å². The van der Waals surface area contributed by atoms with E-state index in [1.807, 2.05) is 0 Å². The van der Waals surface area contributed by atoms with Gasteiger partial charge in [-0.1, -0.05) is 19.3 Å². The molecule has 0 atom stereocenters. The van der Waals surface area contributed by atoms with Crippen molar-refractivity contribution in [2.45, 2.75) is 38.7 Å². The Morgan fingerprint density at radius 2 is 1.56 bits per heavy atom. The van der Waals surface area contributed by atoms with Crippen molar-refractivity contribution in [2.24, 2.45) is 0 Å². The van der Waals surface area contributed by atoms with E-state index in [9.17, 15) is 0 Å². The van der Waals surface area contributed by atoms with Crippen molar-refractivity contribution in [3.8, 4) is 0 Å². The summed E-state index contributed by atoms with van der Waals surface area (Å²) in [7, 11) is 0. The van der Waals surface area contributed by atoms with E-state index in [0.717, 1.165) is 24.6 Å². The van der Waals surface area contributed by atoms with Crippen molar-refractivity contribution < 1.29 is 5.11 Å². The Morgan fingerprint density at radius 1 is 1.00 bits per heavy atom. The third-order valence-electron chi connectivity index (χ3n) is 3.01. The Hall–Kier alpha value is -1.16. The molecule has 0 spiro atoms. The Kier molecular flexibility index (Phi) is 4.10. The minimum Gasteiger partial charge on any atom is -0.392 e. The monoisotopic (exact) mass is 221 g/mol. The molecule has 0 bridgehead atoms. The molecule has 1 aromatic heterocycles. The topological polar surface area (TPSA) is 49.3 Å². The van der Waals surface area contributed by atoms with Gasteiger partial charge in [0.15, 0.2) is 0 Å². The van der Waals surface area contributed by atoms with Crippen LogP contribution in [0.15, 0.2) is 12.4 Å². The van der Waals surface area contributed by atoms with Gasteiger partial charge < -0.3 is 10.0 Å². The highest BCUT2D eigenvalue weighted by Crippen LogP contribution is 2.15. The lowest BCUT2D eigenvalue weighted by Crippen LogP contribution is -2.28. The van der Waals surface area contributed by atoms with Gasteiger partial charge in [-0.25, -0.2) is 9.97 Å². The van der Waals surface area contributed by atoms with Crippen molar-refractivity contribution in [1.29, 1.82) is 0 Å². The second-order valence-corrected chi connectivity index (χ2v) is 4.30. The lowest BCUT2D eigenvalue weighted by atomic mass is 10.1. The summed E-state index contributed by atoms with van der Waals surface area (Å²) in [5.74, 6) is 0.805. The summed E-state index contributed by atoms with van der Waals surface area (Å²) in [6.45, 7) is 2.12. The van der Waals surface area contributed by atoms with Crippen molar-refractivity contribution in [3.63, 3.8) is 0 Å². The van der Waals surface area contributed by atoms with Crippen molar-refractivity contribution in [3.05, 3.63) is 18.0 Å². The van der Waals surface area contributed by atoms with Gasteiger partial charge in [0.05, 0.1) is 6.61 Å². The molecule has 1 N–H and O–H groups in total. The third-order valence-corrected chi connectivity index (χ3v) is 3.01. The quantitative estimate of drug-likeness (QED) is 0.826. The van der Waals surface area contributed by atoms with Crippen LogP contribution in [0.5, 0.6) is 0 Å². The number of aliphatic hydroxyl groups is 1. The van der Waals surface area contributed by atoms with Gasteiger partial charge in [-0.15, -0.1) is 0 Å². The molecule has 1 fully saturated rings. The van der Waals surface area contributed by atoms with Crippen LogP contribution >= 0.6 is 0 Å². The Bertz CT molecular complexity index is 305. The summed E-state index contributed by atoms with van der Waals surface area (Å²) in [4.78, 5) is 10.9. The maximum Gasteiger partial charge on any atom is 0.225 e. The van der Waals surface area contributed by atoms with Crippen LogP contribution in [0.3, 0.4) is 0 Å². The standard InChI is InChI=1S/C12H19N3O/c16-10-11-8-13-12(14-9-11)15-6-4-2-1-3-5-7-15/h8-9,16H,1-7,10H2. The van der Waals surface area contributed by atoms with E-state index >= 15 is 0 Å². The number of rotatable bonds is 2. The molecule has 0 aliphatic carbocycles. The molecule has 4 heteroatoms. The maximum absolute atomic E-state index is 8.93. The van der Waals surface area contributed by atoms with Crippen molar-refractivity contribution in [2.75, 3.05) is 18.0 Å². The first kappa shape index (κ1) is 11.3. The highest BCUT2D eigenvalue weighted by molar-refractivity contribution is 5.29. The summed E-state index contributed by atoms with van der Waals surface area (Å²) >= 11 is 0. The second kappa shape index (κ2) is 5.80. The summed E-state index contributed by atoms with van der Waals surface area (Å²) in [5.41, 5.74) is 0.774. The van der Waals surface area contributed by atoms with Crippen LogP contribution in [0, 0.1) is 0 Å². The van der Waals surface area contributed by atoms with E-state index in [4.69, 9.17) is 5.11 Å². The molecule has 2 rings (SSSR count). The molecule has 1 aromatic rings. The zero-order valence-electron chi connectivity index (χ0n) is 9.60. The lowest BCUT2D eigenvalue weighted by molar-refractivity contribution is 0.281. The molecule has 1 saturated heterocycles. The summed E-state index contributed by atoms with van der Waals surface area (Å²) in [6, 6.07) is 0. The molecule has 0 aromatic carbocycles. The lowest BCUT2D eigenvalue weighted by Gasteiger charge is -2.24. The first-order valence-corrected chi connectivity index (χ1v) is 6.07. The van der Waals surface area contributed by atoms with Crippen molar-refractivity contribution >= 4 is 5.95 Å². The van der Waals surface area contributed by atoms with Gasteiger partial charge in [0.2, 0.25) is 5.95 Å². The number of hydrogen-bond acceptors (Lipinski definition) is 4. The van der Waals surface area contributed by atoms with Crippen LogP contribution in [0.1, 0.15) is 37.7 Å². The predicted octanol–water partition coefficient (Wildman–Crippen LogP) is 1.74. The number of anilines is 1. The zero-order chi connectivity index (χ0) is 11.2. The average Bonchev–Trinajstić information content (AvgIpc) is 2.29. The minimum atomic E-state index is 0.0142. The molecule has 4 nitrogen and oxygen atoms in total. The van der Waals surface area contributed by atoms with E-state index < -0.39 is 0 Å². The van der Waals surface area contributed by atoms with Gasteiger partial charge in [-0.05, 0) is 12.8 Å². The summed E-state index contributed by atoms with van der Waals surface area (Å²) < 4.78 is 0. The average molecular weight is 221 g/mol. The molecule has 0 amide bonds. The molecular formula is C12H19N3O. The molecule has 88 valence electrons. The maximum atomic E-state index is 8.93. The molecular weight excluding hydrogens is 202 g/mol. The number of nitrogens with zero attached hydrogens (tertiary/aromatic N) is 3. The van der Waals surface area contributed by atoms with Crippen molar-refractivity contribution in [1.82, 2.24) is 9.97 Å². The molecule has 1 aliphatic rings. The Morgan fingerprint density at radius 3 is 2.12 bits per heavy atom. The summed E-state index contributed by atoms with van der Waals surface area (Å²) in [5, 5.41) is 8.93. The first-order valence-electron chi connectivity index (χ1n) is 6.07. The fourth-order valence-electron chi connectivity index (χ4n) is 2.04. The van der Waals surface area contributed by atoms with Gasteiger partial charge in [0, 0.05) is 31.0 Å². The largest absolute Gasteiger partial charge is 0.392 e. The fourth-order valence-corrected chi connectivity index (χ4v) is 2.04. The molecule has 1 aliphatic heterocycles. The van der Waals surface area contributed by atoms with Gasteiger partial charge in [-0.2, -0.15) is 0 Å². The fraction of sp³-hybridized carbons (Fsp3) is 0.667. The van der Waals surface area contributed by atoms with Gasteiger partial charge in [0.25, 0.3) is 0 Å².